The van der Waals surface area contributed by atoms with Gasteiger partial charge < -0.3 is 30.2 Å². The van der Waals surface area contributed by atoms with Gasteiger partial charge in [-0.2, -0.15) is 0 Å². The lowest BCUT2D eigenvalue weighted by atomic mass is 10.0. The third-order valence-corrected chi connectivity index (χ3v) is 5.30. The first-order valence-electron chi connectivity index (χ1n) is 10.4. The summed E-state index contributed by atoms with van der Waals surface area (Å²) in [4.78, 5) is 38.0. The number of halogens is 1. The number of nitrogens with zero attached hydrogens (tertiary/aromatic N) is 1. The number of hydrogen-bond donors (Lipinski definition) is 2. The van der Waals surface area contributed by atoms with E-state index in [1.165, 1.54) is 44.6 Å². The molecule has 0 bridgehead atoms. The van der Waals surface area contributed by atoms with Gasteiger partial charge in [-0.3, -0.25) is 14.4 Å². The highest BCUT2D eigenvalue weighted by Crippen LogP contribution is 2.38. The lowest BCUT2D eigenvalue weighted by Gasteiger charge is -2.32. The minimum absolute atomic E-state index is 0.0396. The monoisotopic (exact) mass is 459 g/mol. The van der Waals surface area contributed by atoms with E-state index in [0.29, 0.717) is 25.9 Å². The summed E-state index contributed by atoms with van der Waals surface area (Å²) in [5, 5.41) is 2.94. The van der Waals surface area contributed by atoms with Crippen LogP contribution in [0, 0.1) is 5.82 Å². The maximum absolute atomic E-state index is 13.9. The molecule has 3 rings (SSSR count). The first-order chi connectivity index (χ1) is 15.8. The van der Waals surface area contributed by atoms with Crippen LogP contribution in [-0.2, 0) is 4.79 Å². The van der Waals surface area contributed by atoms with E-state index < -0.39 is 11.7 Å². The molecule has 0 aromatic heterocycles. The Morgan fingerprint density at radius 3 is 2.24 bits per heavy atom. The van der Waals surface area contributed by atoms with E-state index in [9.17, 15) is 18.8 Å². The van der Waals surface area contributed by atoms with Crippen molar-refractivity contribution in [2.45, 2.75) is 18.9 Å². The predicted octanol–water partition coefficient (Wildman–Crippen LogP) is 1.74. The molecule has 9 nitrogen and oxygen atoms in total. The minimum Gasteiger partial charge on any atom is -0.493 e. The fraction of sp³-hybridized carbons (Fsp3) is 0.348. The molecule has 0 unspecified atom stereocenters. The van der Waals surface area contributed by atoms with Gasteiger partial charge in [-0.05, 0) is 37.1 Å². The Morgan fingerprint density at radius 2 is 1.70 bits per heavy atom. The molecule has 176 valence electrons. The summed E-state index contributed by atoms with van der Waals surface area (Å²) in [6, 6.07) is 8.67. The Labute approximate surface area is 190 Å². The zero-order chi connectivity index (χ0) is 24.0. The molecule has 10 heteroatoms. The topological polar surface area (TPSA) is 120 Å². The third kappa shape index (κ3) is 5.71. The highest BCUT2D eigenvalue weighted by Gasteiger charge is 2.27. The van der Waals surface area contributed by atoms with Gasteiger partial charge in [-0.1, -0.05) is 12.1 Å². The maximum atomic E-state index is 13.9. The Balaban J connectivity index is 1.64. The SMILES string of the molecule is COc1cc(C(=O)NC2CCN(C(=O)c3ccccc3F)CC2)cc(OC)c1OCC(N)=O. The number of carbonyl (C=O) groups is 3. The van der Waals surface area contributed by atoms with E-state index in [2.05, 4.69) is 5.32 Å². The second kappa shape index (κ2) is 10.7. The number of amides is 3. The quantitative estimate of drug-likeness (QED) is 0.621. The molecule has 0 saturated carbocycles. The number of primary amides is 1. The number of hydrogen-bond acceptors (Lipinski definition) is 6. The number of likely N-dealkylation sites (tertiary alicyclic amines) is 1. The number of methoxy groups -OCH3 is 2. The van der Waals surface area contributed by atoms with E-state index in [1.54, 1.807) is 11.0 Å². The first kappa shape index (κ1) is 23.8. The second-order valence-electron chi connectivity index (χ2n) is 7.48. The van der Waals surface area contributed by atoms with Crippen molar-refractivity contribution in [1.29, 1.82) is 0 Å². The minimum atomic E-state index is -0.666. The lowest BCUT2D eigenvalue weighted by Crippen LogP contribution is -2.46. The summed E-state index contributed by atoms with van der Waals surface area (Å²) >= 11 is 0. The van der Waals surface area contributed by atoms with E-state index in [4.69, 9.17) is 19.9 Å². The van der Waals surface area contributed by atoms with Crippen LogP contribution in [0.25, 0.3) is 0 Å². The number of nitrogens with one attached hydrogen (secondary N) is 1. The van der Waals surface area contributed by atoms with Crippen LogP contribution in [0.4, 0.5) is 4.39 Å². The highest BCUT2D eigenvalue weighted by atomic mass is 19.1. The molecule has 1 saturated heterocycles. The number of nitrogens with two attached hydrogens (primary N) is 1. The van der Waals surface area contributed by atoms with Crippen molar-refractivity contribution in [1.82, 2.24) is 10.2 Å². The van der Waals surface area contributed by atoms with Crippen molar-refractivity contribution in [2.75, 3.05) is 33.9 Å². The fourth-order valence-electron chi connectivity index (χ4n) is 3.60. The van der Waals surface area contributed by atoms with Gasteiger partial charge in [0.1, 0.15) is 5.82 Å². The van der Waals surface area contributed by atoms with E-state index in [1.807, 2.05) is 0 Å². The van der Waals surface area contributed by atoms with Gasteiger partial charge in [-0.25, -0.2) is 4.39 Å². The molecule has 0 radical (unpaired) electrons. The van der Waals surface area contributed by atoms with Crippen molar-refractivity contribution in [2.24, 2.45) is 5.73 Å². The lowest BCUT2D eigenvalue weighted by molar-refractivity contribution is -0.120. The number of rotatable bonds is 8. The molecule has 0 spiro atoms. The molecule has 0 aliphatic carbocycles. The Kier molecular flexibility index (Phi) is 7.70. The third-order valence-electron chi connectivity index (χ3n) is 5.30. The molecule has 3 N–H and O–H groups in total. The average molecular weight is 459 g/mol. The standard InChI is InChI=1S/C23H26FN3O6/c1-31-18-11-14(12-19(32-2)21(18)33-13-20(25)28)22(29)26-15-7-9-27(10-8-15)23(30)16-5-3-4-6-17(16)24/h3-6,11-12,15H,7-10,13H2,1-2H3,(H2,25,28)(H,26,29). The van der Waals surface area contributed by atoms with Crippen molar-refractivity contribution >= 4 is 17.7 Å². The van der Waals surface area contributed by atoms with Crippen LogP contribution in [0.1, 0.15) is 33.6 Å². The summed E-state index contributed by atoms with van der Waals surface area (Å²) in [7, 11) is 2.80. The van der Waals surface area contributed by atoms with Gasteiger partial charge in [0.25, 0.3) is 17.7 Å². The largest absolute Gasteiger partial charge is 0.493 e. The number of ether oxygens (including phenoxy) is 3. The summed E-state index contributed by atoms with van der Waals surface area (Å²) < 4.78 is 29.8. The smallest absolute Gasteiger partial charge is 0.256 e. The van der Waals surface area contributed by atoms with Gasteiger partial charge in [-0.15, -0.1) is 0 Å². The van der Waals surface area contributed by atoms with Crippen molar-refractivity contribution in [3.8, 4) is 17.2 Å². The second-order valence-corrected chi connectivity index (χ2v) is 7.48. The average Bonchev–Trinajstić information content (AvgIpc) is 2.82. The van der Waals surface area contributed by atoms with Crippen LogP contribution in [0.5, 0.6) is 17.2 Å². The summed E-state index contributed by atoms with van der Waals surface area (Å²) in [6.07, 6.45) is 1.06. The molecule has 0 atom stereocenters. The molecule has 2 aromatic carbocycles. The summed E-state index contributed by atoms with van der Waals surface area (Å²) in [6.45, 7) is 0.414. The zero-order valence-electron chi connectivity index (χ0n) is 18.4. The molecule has 1 aliphatic heterocycles. The van der Waals surface area contributed by atoms with Crippen LogP contribution in [-0.4, -0.2) is 62.6 Å². The van der Waals surface area contributed by atoms with Crippen LogP contribution >= 0.6 is 0 Å². The van der Waals surface area contributed by atoms with Gasteiger partial charge in [0.05, 0.1) is 19.8 Å². The highest BCUT2D eigenvalue weighted by molar-refractivity contribution is 5.96. The number of piperidine rings is 1. The molecular weight excluding hydrogens is 433 g/mol. The van der Waals surface area contributed by atoms with Gasteiger partial charge in [0.2, 0.25) is 5.75 Å². The molecular formula is C23H26FN3O6. The van der Waals surface area contributed by atoms with Crippen LogP contribution in [0.2, 0.25) is 0 Å². The predicted molar refractivity (Wildman–Crippen MR) is 117 cm³/mol. The van der Waals surface area contributed by atoms with E-state index >= 15 is 0 Å². The van der Waals surface area contributed by atoms with Gasteiger partial charge in [0, 0.05) is 24.7 Å². The normalized spacial score (nSPS) is 13.8. The fourth-order valence-corrected chi connectivity index (χ4v) is 3.60. The van der Waals surface area contributed by atoms with Crippen LogP contribution < -0.4 is 25.3 Å². The molecule has 3 amide bonds. The Hall–Kier alpha value is -3.82. The molecule has 1 aliphatic rings. The Bertz CT molecular complexity index is 1010. The summed E-state index contributed by atoms with van der Waals surface area (Å²) in [5.74, 6) is -1.34. The van der Waals surface area contributed by atoms with Crippen molar-refractivity contribution in [3.05, 3.63) is 53.3 Å². The maximum Gasteiger partial charge on any atom is 0.256 e. The molecule has 33 heavy (non-hydrogen) atoms. The Morgan fingerprint density at radius 1 is 1.09 bits per heavy atom. The van der Waals surface area contributed by atoms with Crippen LogP contribution in [0.3, 0.4) is 0 Å². The van der Waals surface area contributed by atoms with Gasteiger partial charge in [0.15, 0.2) is 18.1 Å². The molecule has 1 heterocycles. The van der Waals surface area contributed by atoms with Crippen LogP contribution in [0.15, 0.2) is 36.4 Å². The zero-order valence-corrected chi connectivity index (χ0v) is 18.4. The molecule has 1 fully saturated rings. The molecule has 2 aromatic rings. The van der Waals surface area contributed by atoms with Crippen molar-refractivity contribution < 1.29 is 33.0 Å². The first-order valence-corrected chi connectivity index (χ1v) is 10.4. The van der Waals surface area contributed by atoms with E-state index in [-0.39, 0.29) is 52.8 Å². The summed E-state index contributed by atoms with van der Waals surface area (Å²) in [5.41, 5.74) is 5.44. The number of benzene rings is 2. The van der Waals surface area contributed by atoms with Crippen molar-refractivity contribution in [3.63, 3.8) is 0 Å². The van der Waals surface area contributed by atoms with E-state index in [0.717, 1.165) is 0 Å². The number of carbonyl (C=O) groups excluding carboxylic acids is 3. The van der Waals surface area contributed by atoms with Gasteiger partial charge >= 0.3 is 0 Å².